The summed E-state index contributed by atoms with van der Waals surface area (Å²) in [7, 11) is 0. The summed E-state index contributed by atoms with van der Waals surface area (Å²) >= 11 is 0. The van der Waals surface area contributed by atoms with Crippen LogP contribution in [0, 0.1) is 11.3 Å². The molecule has 0 aliphatic heterocycles. The van der Waals surface area contributed by atoms with E-state index >= 15 is 0 Å². The van der Waals surface area contributed by atoms with E-state index in [1.165, 1.54) is 0 Å². The van der Waals surface area contributed by atoms with Gasteiger partial charge in [0, 0.05) is 18.9 Å². The van der Waals surface area contributed by atoms with Gasteiger partial charge in [0.1, 0.15) is 0 Å². The number of halogens is 2. The Labute approximate surface area is 111 Å². The molecule has 0 aromatic carbocycles. The fourth-order valence-corrected chi connectivity index (χ4v) is 2.84. The van der Waals surface area contributed by atoms with Crippen LogP contribution in [0.15, 0.2) is 0 Å². The minimum absolute atomic E-state index is 0.0930. The van der Waals surface area contributed by atoms with Gasteiger partial charge in [-0.05, 0) is 43.6 Å². The van der Waals surface area contributed by atoms with Gasteiger partial charge in [0.05, 0.1) is 0 Å². The number of nitrogens with one attached hydrogen (secondary N) is 1. The van der Waals surface area contributed by atoms with E-state index in [1.807, 2.05) is 0 Å². The predicted molar refractivity (Wildman–Crippen MR) is 73.1 cm³/mol. The summed E-state index contributed by atoms with van der Waals surface area (Å²) in [5.41, 5.74) is 0.327. The molecule has 1 N–H and O–H groups in total. The molecule has 1 rings (SSSR count). The normalized spacial score (nSPS) is 25.3. The highest BCUT2D eigenvalue weighted by molar-refractivity contribution is 4.84. The van der Waals surface area contributed by atoms with Crippen LogP contribution in [0.5, 0.6) is 0 Å². The van der Waals surface area contributed by atoms with E-state index in [0.717, 1.165) is 25.8 Å². The first-order chi connectivity index (χ1) is 8.22. The molecule has 2 unspecified atom stereocenters. The molecular weight excluding hydrogens is 232 g/mol. The molecule has 0 aromatic heterocycles. The molecule has 1 fully saturated rings. The Morgan fingerprint density at radius 2 is 2.00 bits per heavy atom. The van der Waals surface area contributed by atoms with Gasteiger partial charge < -0.3 is 5.32 Å². The molecule has 0 amide bonds. The van der Waals surface area contributed by atoms with Crippen molar-refractivity contribution in [3.8, 4) is 0 Å². The van der Waals surface area contributed by atoms with Gasteiger partial charge in [-0.3, -0.25) is 0 Å². The van der Waals surface area contributed by atoms with E-state index in [2.05, 4.69) is 33.0 Å². The summed E-state index contributed by atoms with van der Waals surface area (Å²) in [4.78, 5) is 0. The first-order valence-corrected chi connectivity index (χ1v) is 7.33. The third-order valence-electron chi connectivity index (χ3n) is 3.86. The highest BCUT2D eigenvalue weighted by Gasteiger charge is 2.39. The van der Waals surface area contributed by atoms with Crippen LogP contribution in [0.25, 0.3) is 0 Å². The number of alkyl halides is 2. The maximum atomic E-state index is 13.2. The summed E-state index contributed by atoms with van der Waals surface area (Å²) in [6, 6.07) is 0.410. The van der Waals surface area contributed by atoms with Crippen LogP contribution in [-0.4, -0.2) is 18.5 Å². The van der Waals surface area contributed by atoms with E-state index in [4.69, 9.17) is 0 Å². The van der Waals surface area contributed by atoms with Gasteiger partial charge in [-0.25, -0.2) is 8.78 Å². The Morgan fingerprint density at radius 1 is 1.33 bits per heavy atom. The highest BCUT2D eigenvalue weighted by atomic mass is 19.3. The van der Waals surface area contributed by atoms with Crippen LogP contribution < -0.4 is 5.32 Å². The Kier molecular flexibility index (Phi) is 5.57. The molecule has 18 heavy (non-hydrogen) atoms. The molecule has 0 heterocycles. The lowest BCUT2D eigenvalue weighted by atomic mass is 9.86. The van der Waals surface area contributed by atoms with Gasteiger partial charge in [0.15, 0.2) is 0 Å². The van der Waals surface area contributed by atoms with Crippen molar-refractivity contribution in [3.05, 3.63) is 0 Å². The van der Waals surface area contributed by atoms with Crippen molar-refractivity contribution < 1.29 is 8.78 Å². The molecule has 0 spiro atoms. The average Bonchev–Trinajstić information content (AvgIpc) is 2.54. The number of hydrogen-bond acceptors (Lipinski definition) is 1. The fraction of sp³-hybridized carbons (Fsp3) is 1.00. The second-order valence-corrected chi connectivity index (χ2v) is 7.05. The average molecular weight is 261 g/mol. The van der Waals surface area contributed by atoms with Crippen molar-refractivity contribution >= 4 is 0 Å². The van der Waals surface area contributed by atoms with Gasteiger partial charge in [-0.15, -0.1) is 0 Å². The van der Waals surface area contributed by atoms with Crippen LogP contribution in [0.1, 0.15) is 66.2 Å². The molecule has 0 bridgehead atoms. The van der Waals surface area contributed by atoms with Crippen LogP contribution in [0.4, 0.5) is 8.78 Å². The van der Waals surface area contributed by atoms with Crippen LogP contribution in [0.3, 0.4) is 0 Å². The zero-order valence-corrected chi connectivity index (χ0v) is 12.4. The first kappa shape index (κ1) is 15.9. The Bertz CT molecular complexity index is 245. The lowest BCUT2D eigenvalue weighted by Gasteiger charge is -2.25. The predicted octanol–water partition coefficient (Wildman–Crippen LogP) is 4.62. The second kappa shape index (κ2) is 6.31. The molecule has 0 aromatic rings. The molecular formula is C15H29F2N. The van der Waals surface area contributed by atoms with Gasteiger partial charge in [0.2, 0.25) is 5.92 Å². The van der Waals surface area contributed by atoms with Gasteiger partial charge in [0.25, 0.3) is 0 Å². The van der Waals surface area contributed by atoms with Crippen molar-refractivity contribution in [3.63, 3.8) is 0 Å². The van der Waals surface area contributed by atoms with Crippen LogP contribution in [0.2, 0.25) is 0 Å². The van der Waals surface area contributed by atoms with E-state index in [9.17, 15) is 8.78 Å². The van der Waals surface area contributed by atoms with E-state index in [-0.39, 0.29) is 18.8 Å². The van der Waals surface area contributed by atoms with Crippen LogP contribution in [-0.2, 0) is 0 Å². The summed E-state index contributed by atoms with van der Waals surface area (Å²) in [6.45, 7) is 9.73. The smallest absolute Gasteiger partial charge is 0.248 e. The summed E-state index contributed by atoms with van der Waals surface area (Å²) in [5, 5.41) is 3.46. The van der Waals surface area contributed by atoms with E-state index < -0.39 is 5.92 Å². The highest BCUT2D eigenvalue weighted by Crippen LogP contribution is 2.41. The molecule has 0 saturated heterocycles. The monoisotopic (exact) mass is 261 g/mol. The zero-order chi connectivity index (χ0) is 13.8. The number of hydrogen-bond donors (Lipinski definition) is 1. The van der Waals surface area contributed by atoms with Gasteiger partial charge in [-0.1, -0.05) is 27.7 Å². The molecule has 0 radical (unpaired) electrons. The SMILES string of the molecule is CCNC(CCC(C)(C)C)CC1CCC(F)(F)C1. The third-order valence-corrected chi connectivity index (χ3v) is 3.86. The van der Waals surface area contributed by atoms with Crippen molar-refractivity contribution in [2.45, 2.75) is 78.2 Å². The topological polar surface area (TPSA) is 12.0 Å². The van der Waals surface area contributed by atoms with Crippen molar-refractivity contribution in [1.29, 1.82) is 0 Å². The molecule has 1 saturated carbocycles. The summed E-state index contributed by atoms with van der Waals surface area (Å²) in [5.74, 6) is -2.19. The van der Waals surface area contributed by atoms with Gasteiger partial charge in [-0.2, -0.15) is 0 Å². The lowest BCUT2D eigenvalue weighted by Crippen LogP contribution is -2.32. The Morgan fingerprint density at radius 3 is 2.44 bits per heavy atom. The standard InChI is InChI=1S/C15H29F2N/c1-5-18-13(7-8-14(2,3)4)10-12-6-9-15(16,17)11-12/h12-13,18H,5-11H2,1-4H3. The minimum Gasteiger partial charge on any atom is -0.314 e. The van der Waals surface area contributed by atoms with Crippen molar-refractivity contribution in [2.75, 3.05) is 6.54 Å². The maximum Gasteiger partial charge on any atom is 0.248 e. The van der Waals surface area contributed by atoms with E-state index in [1.54, 1.807) is 0 Å². The number of rotatable bonds is 6. The summed E-state index contributed by atoms with van der Waals surface area (Å²) < 4.78 is 26.4. The van der Waals surface area contributed by atoms with Crippen molar-refractivity contribution in [1.82, 2.24) is 5.32 Å². The molecule has 1 aliphatic carbocycles. The Hall–Kier alpha value is -0.180. The minimum atomic E-state index is -2.40. The van der Waals surface area contributed by atoms with E-state index in [0.29, 0.717) is 17.9 Å². The lowest BCUT2D eigenvalue weighted by molar-refractivity contribution is 0.00424. The fourth-order valence-electron chi connectivity index (χ4n) is 2.84. The molecule has 1 aliphatic rings. The zero-order valence-electron chi connectivity index (χ0n) is 12.4. The quantitative estimate of drug-likeness (QED) is 0.736. The van der Waals surface area contributed by atoms with Crippen LogP contribution >= 0.6 is 0 Å². The molecule has 108 valence electrons. The Balaban J connectivity index is 2.38. The van der Waals surface area contributed by atoms with Crippen molar-refractivity contribution in [2.24, 2.45) is 11.3 Å². The second-order valence-electron chi connectivity index (χ2n) is 7.05. The maximum absolute atomic E-state index is 13.2. The third kappa shape index (κ3) is 6.12. The van der Waals surface area contributed by atoms with Gasteiger partial charge >= 0.3 is 0 Å². The molecule has 2 atom stereocenters. The first-order valence-electron chi connectivity index (χ1n) is 7.33. The molecule has 1 nitrogen and oxygen atoms in total. The largest absolute Gasteiger partial charge is 0.314 e. The molecule has 3 heteroatoms. The summed E-state index contributed by atoms with van der Waals surface area (Å²) in [6.07, 6.45) is 4.05.